The zero-order valence-corrected chi connectivity index (χ0v) is 15.3. The standard InChI is InChI=1S/C16H10N2O8S2/c19-15-12(28(24,25)26)4-3-10-13(15)16(20)14(18-10)11-6-7-5-8(27(21,22)23)1-2-9(7)17-11/h1-6,12,18H,(H,21,22,23)(H,24,25,26). The molecule has 3 N–H and O–H groups in total. The zero-order chi connectivity index (χ0) is 20.4. The predicted octanol–water partition coefficient (Wildman–Crippen LogP) is -1.62. The molecule has 2 aliphatic heterocycles. The number of allylic oxidation sites excluding steroid dienone is 3. The summed E-state index contributed by atoms with van der Waals surface area (Å²) in [6.07, 6.45) is 3.56. The molecule has 0 saturated carbocycles. The van der Waals surface area contributed by atoms with Gasteiger partial charge in [0.2, 0.25) is 5.78 Å². The van der Waals surface area contributed by atoms with Gasteiger partial charge in [-0.2, -0.15) is 16.8 Å². The van der Waals surface area contributed by atoms with E-state index in [0.29, 0.717) is 10.6 Å². The van der Waals surface area contributed by atoms with Gasteiger partial charge in [-0.3, -0.25) is 18.7 Å². The van der Waals surface area contributed by atoms with E-state index in [1.165, 1.54) is 24.3 Å². The van der Waals surface area contributed by atoms with E-state index in [2.05, 4.69) is 10.3 Å². The number of rotatable bonds is 2. The molecule has 1 aliphatic carbocycles. The van der Waals surface area contributed by atoms with Crippen LogP contribution in [-0.2, 0) is 29.8 Å². The Morgan fingerprint density at radius 3 is 2.43 bits per heavy atom. The van der Waals surface area contributed by atoms with Crippen molar-refractivity contribution in [1.82, 2.24) is 5.32 Å². The first kappa shape index (κ1) is 18.4. The zero-order valence-electron chi connectivity index (χ0n) is 13.6. The third-order valence-corrected chi connectivity index (χ3v) is 6.20. The van der Waals surface area contributed by atoms with Crippen molar-refractivity contribution < 1.29 is 35.5 Å². The van der Waals surface area contributed by atoms with Gasteiger partial charge in [0.15, 0.2) is 11.0 Å². The average Bonchev–Trinajstić information content (AvgIpc) is 3.13. The molecule has 1 atom stereocenters. The van der Waals surface area contributed by atoms with E-state index in [1.54, 1.807) is 0 Å². The Morgan fingerprint density at radius 1 is 1.07 bits per heavy atom. The first-order valence-electron chi connectivity index (χ1n) is 7.64. The molecule has 0 bridgehead atoms. The minimum atomic E-state index is -4.71. The van der Waals surface area contributed by atoms with Gasteiger partial charge in [-0.05, 0) is 30.4 Å². The van der Waals surface area contributed by atoms with Gasteiger partial charge >= 0.3 is 0 Å². The molecule has 0 spiro atoms. The van der Waals surface area contributed by atoms with Gasteiger partial charge in [-0.1, -0.05) is 6.08 Å². The van der Waals surface area contributed by atoms with Crippen molar-refractivity contribution in [1.29, 1.82) is 0 Å². The quantitative estimate of drug-likeness (QED) is 0.288. The summed E-state index contributed by atoms with van der Waals surface area (Å²) in [5.74, 6) is -1.85. The molecule has 0 radical (unpaired) electrons. The van der Waals surface area contributed by atoms with Gasteiger partial charge in [0.05, 0.1) is 27.2 Å². The molecule has 12 heteroatoms. The van der Waals surface area contributed by atoms with Crippen molar-refractivity contribution in [2.24, 2.45) is 4.99 Å². The molecule has 144 valence electrons. The highest BCUT2D eigenvalue weighted by Crippen LogP contribution is 2.29. The summed E-state index contributed by atoms with van der Waals surface area (Å²) in [6.45, 7) is 0. The van der Waals surface area contributed by atoms with Crippen molar-refractivity contribution in [2.45, 2.75) is 10.1 Å². The summed E-state index contributed by atoms with van der Waals surface area (Å²) < 4.78 is 63.4. The lowest BCUT2D eigenvalue weighted by Crippen LogP contribution is -2.33. The maximum Gasteiger partial charge on any atom is 0.294 e. The van der Waals surface area contributed by atoms with Crippen molar-refractivity contribution in [2.75, 3.05) is 0 Å². The smallest absolute Gasteiger partial charge is 0.294 e. The van der Waals surface area contributed by atoms with Gasteiger partial charge in [-0.15, -0.1) is 0 Å². The van der Waals surface area contributed by atoms with Crippen molar-refractivity contribution in [3.63, 3.8) is 0 Å². The van der Waals surface area contributed by atoms with Gasteiger partial charge < -0.3 is 5.32 Å². The molecule has 3 aliphatic rings. The Balaban J connectivity index is 1.78. The number of hydrogen-bond donors (Lipinski definition) is 3. The largest absolute Gasteiger partial charge is 0.350 e. The number of fused-ring (bicyclic) bond motifs is 1. The Labute approximate surface area is 157 Å². The van der Waals surface area contributed by atoms with Crippen LogP contribution in [0.3, 0.4) is 0 Å². The Hall–Kier alpha value is -2.93. The molecule has 1 aromatic carbocycles. The van der Waals surface area contributed by atoms with E-state index in [9.17, 15) is 26.4 Å². The van der Waals surface area contributed by atoms with Gasteiger partial charge in [0, 0.05) is 5.22 Å². The van der Waals surface area contributed by atoms with Crippen molar-refractivity contribution >= 4 is 37.9 Å². The predicted molar refractivity (Wildman–Crippen MR) is 93.2 cm³/mol. The Morgan fingerprint density at radius 2 is 1.79 bits per heavy atom. The first-order chi connectivity index (χ1) is 13.0. The van der Waals surface area contributed by atoms with Crippen LogP contribution in [0.1, 0.15) is 0 Å². The average molecular weight is 422 g/mol. The number of nitrogens with one attached hydrogen (secondary N) is 1. The fraction of sp³-hybridized carbons (Fsp3) is 0.0625. The first-order valence-corrected chi connectivity index (χ1v) is 10.6. The molecule has 0 amide bonds. The molecule has 1 unspecified atom stereocenters. The van der Waals surface area contributed by atoms with Crippen molar-refractivity contribution in [3.05, 3.63) is 63.6 Å². The van der Waals surface area contributed by atoms with E-state index in [0.717, 1.165) is 12.1 Å². The minimum absolute atomic E-state index is 0.0792. The minimum Gasteiger partial charge on any atom is -0.350 e. The third kappa shape index (κ3) is 2.82. The lowest BCUT2D eigenvalue weighted by molar-refractivity contribution is -0.119. The summed E-state index contributed by atoms with van der Waals surface area (Å²) in [6, 6.07) is 3.66. The normalized spacial score (nSPS) is 23.9. The second-order valence-corrected chi connectivity index (χ2v) is 9.07. The summed E-state index contributed by atoms with van der Waals surface area (Å²) >= 11 is 0. The van der Waals surface area contributed by atoms with Crippen LogP contribution in [0.25, 0.3) is 6.08 Å². The van der Waals surface area contributed by atoms with E-state index in [1.807, 2.05) is 0 Å². The summed E-state index contributed by atoms with van der Waals surface area (Å²) in [5.41, 5.74) is -0.323. The second-order valence-electron chi connectivity index (χ2n) is 6.11. The summed E-state index contributed by atoms with van der Waals surface area (Å²) in [7, 11) is -9.13. The fourth-order valence-corrected chi connectivity index (χ4v) is 4.23. The molecule has 2 heterocycles. The van der Waals surface area contributed by atoms with Crippen LogP contribution in [0.15, 0.2) is 62.9 Å². The highest BCUT2D eigenvalue weighted by molar-refractivity contribution is 7.87. The highest BCUT2D eigenvalue weighted by atomic mass is 32.2. The lowest BCUT2D eigenvalue weighted by Gasteiger charge is -2.12. The third-order valence-electron chi connectivity index (χ3n) is 4.33. The van der Waals surface area contributed by atoms with Crippen LogP contribution < -0.4 is 15.9 Å². The van der Waals surface area contributed by atoms with Crippen LogP contribution in [0.5, 0.6) is 0 Å². The van der Waals surface area contributed by atoms with Crippen LogP contribution in [0.2, 0.25) is 0 Å². The number of hydrogen-bond acceptors (Lipinski definition) is 8. The highest BCUT2D eigenvalue weighted by Gasteiger charge is 2.42. The maximum absolute atomic E-state index is 12.7. The van der Waals surface area contributed by atoms with Crippen molar-refractivity contribution in [3.8, 4) is 0 Å². The maximum atomic E-state index is 12.7. The fourth-order valence-electron chi connectivity index (χ4n) is 3.05. The molecular formula is C16H10N2O8S2. The van der Waals surface area contributed by atoms with Crippen LogP contribution >= 0.6 is 0 Å². The van der Waals surface area contributed by atoms with E-state index in [-0.39, 0.29) is 22.0 Å². The van der Waals surface area contributed by atoms with E-state index in [4.69, 9.17) is 9.11 Å². The molecule has 0 saturated heterocycles. The molecule has 4 rings (SSSR count). The number of carbonyl (C=O) groups excluding carboxylic acids is 2. The van der Waals surface area contributed by atoms with Gasteiger partial charge in [0.1, 0.15) is 5.70 Å². The van der Waals surface area contributed by atoms with Crippen LogP contribution in [0, 0.1) is 0 Å². The molecule has 0 fully saturated rings. The SMILES string of the molecule is O=C1C(=C2C=c3cc(S(=O)(=O)O)ccc3=N2)NC2=C1C(=O)C(S(=O)(=O)O)C=C2. The van der Waals surface area contributed by atoms with Gasteiger partial charge in [0.25, 0.3) is 20.2 Å². The molecule has 1 aromatic rings. The molecule has 28 heavy (non-hydrogen) atoms. The Bertz CT molecular complexity index is 1410. The number of Topliss-reactive ketones (excluding diaryl/α,β-unsaturated/α-hetero) is 2. The van der Waals surface area contributed by atoms with Crippen LogP contribution in [-0.4, -0.2) is 42.8 Å². The number of benzene rings is 1. The number of nitrogens with zero attached hydrogens (tertiary/aromatic N) is 1. The summed E-state index contributed by atoms with van der Waals surface area (Å²) in [5, 5.41) is 1.51. The van der Waals surface area contributed by atoms with Crippen LogP contribution in [0.4, 0.5) is 0 Å². The molecule has 0 aromatic heterocycles. The van der Waals surface area contributed by atoms with E-state index < -0.39 is 42.6 Å². The second kappa shape index (κ2) is 5.78. The molecular weight excluding hydrogens is 412 g/mol. The van der Waals surface area contributed by atoms with Gasteiger partial charge in [-0.25, -0.2) is 4.99 Å². The lowest BCUT2D eigenvalue weighted by atomic mass is 9.98. The topological polar surface area (TPSA) is 167 Å². The molecule has 10 nitrogen and oxygen atoms in total. The number of ketones is 2. The number of carbonyl (C=O) groups is 2. The Kier molecular flexibility index (Phi) is 3.81. The van der Waals surface area contributed by atoms with E-state index >= 15 is 0 Å². The summed E-state index contributed by atoms with van der Waals surface area (Å²) in [4.78, 5) is 28.8. The monoisotopic (exact) mass is 422 g/mol.